The fraction of sp³-hybridized carbons (Fsp3) is 0.429. The molecule has 0 unspecified atom stereocenters. The Hall–Kier alpha value is -1.48. The highest BCUT2D eigenvalue weighted by Crippen LogP contribution is 2.57. The van der Waals surface area contributed by atoms with Crippen LogP contribution in [-0.4, -0.2) is 18.1 Å². The Bertz CT molecular complexity index is 571. The van der Waals surface area contributed by atoms with Crippen LogP contribution in [0, 0.1) is 5.41 Å². The van der Waals surface area contributed by atoms with Gasteiger partial charge in [-0.2, -0.15) is 0 Å². The van der Waals surface area contributed by atoms with Gasteiger partial charge >= 0.3 is 0 Å². The second-order valence-electron chi connectivity index (χ2n) is 5.50. The minimum absolute atomic E-state index is 0.213. The third kappa shape index (κ3) is 1.46. The summed E-state index contributed by atoms with van der Waals surface area (Å²) < 4.78 is 5.23. The second kappa shape index (κ2) is 3.26. The van der Waals surface area contributed by atoms with Crippen molar-refractivity contribution >= 4 is 10.9 Å². The smallest absolute Gasteiger partial charge is 0.120 e. The Labute approximate surface area is 101 Å². The average molecular weight is 230 g/mol. The van der Waals surface area contributed by atoms with Crippen molar-refractivity contribution in [3.05, 3.63) is 30.0 Å². The van der Waals surface area contributed by atoms with Crippen LogP contribution >= 0.6 is 0 Å². The molecule has 1 aromatic carbocycles. The summed E-state index contributed by atoms with van der Waals surface area (Å²) in [7, 11) is 1.69. The molecule has 0 amide bonds. The molecule has 2 aromatic rings. The molecule has 3 rings (SSSR count). The molecule has 90 valence electrons. The molecule has 1 saturated carbocycles. The molecular formula is C14H18N2O. The lowest BCUT2D eigenvalue weighted by molar-refractivity contribution is 0.415. The lowest BCUT2D eigenvalue weighted by atomic mass is 10.1. The highest BCUT2D eigenvalue weighted by Gasteiger charge is 2.56. The minimum Gasteiger partial charge on any atom is -0.497 e. The first-order valence-electron chi connectivity index (χ1n) is 5.96. The molecule has 1 aromatic heterocycles. The molecule has 1 fully saturated rings. The molecule has 1 aliphatic carbocycles. The van der Waals surface area contributed by atoms with Gasteiger partial charge in [-0.3, -0.25) is 0 Å². The normalized spacial score (nSPS) is 26.1. The van der Waals surface area contributed by atoms with Gasteiger partial charge in [0.25, 0.3) is 0 Å². The summed E-state index contributed by atoms with van der Waals surface area (Å²) in [5, 5.41) is 1.22. The summed E-state index contributed by atoms with van der Waals surface area (Å²) in [5.41, 5.74) is 8.68. The molecule has 0 spiro atoms. The average Bonchev–Trinajstić information content (AvgIpc) is 2.65. The van der Waals surface area contributed by atoms with E-state index >= 15 is 0 Å². The lowest BCUT2D eigenvalue weighted by Gasteiger charge is -1.99. The number of rotatable bonds is 2. The van der Waals surface area contributed by atoms with E-state index in [0.717, 1.165) is 11.3 Å². The molecule has 0 radical (unpaired) electrons. The van der Waals surface area contributed by atoms with Gasteiger partial charge in [-0.15, -0.1) is 0 Å². The highest BCUT2D eigenvalue weighted by atomic mass is 16.5. The van der Waals surface area contributed by atoms with Gasteiger partial charge < -0.3 is 15.5 Å². The van der Waals surface area contributed by atoms with Crippen molar-refractivity contribution in [1.82, 2.24) is 4.98 Å². The van der Waals surface area contributed by atoms with Crippen LogP contribution in [0.3, 0.4) is 0 Å². The van der Waals surface area contributed by atoms with Gasteiger partial charge in [0, 0.05) is 29.2 Å². The number of ether oxygens (including phenoxy) is 1. The highest BCUT2D eigenvalue weighted by molar-refractivity contribution is 5.82. The van der Waals surface area contributed by atoms with E-state index in [1.54, 1.807) is 7.11 Å². The van der Waals surface area contributed by atoms with Crippen molar-refractivity contribution < 1.29 is 4.74 Å². The first-order chi connectivity index (χ1) is 8.04. The largest absolute Gasteiger partial charge is 0.497 e. The lowest BCUT2D eigenvalue weighted by Crippen LogP contribution is -2.06. The number of fused-ring (bicyclic) bond motifs is 1. The molecule has 3 N–H and O–H groups in total. The van der Waals surface area contributed by atoms with Crippen molar-refractivity contribution in [2.45, 2.75) is 25.8 Å². The van der Waals surface area contributed by atoms with E-state index in [0.29, 0.717) is 5.92 Å². The van der Waals surface area contributed by atoms with Gasteiger partial charge in [0.05, 0.1) is 7.11 Å². The van der Waals surface area contributed by atoms with E-state index in [9.17, 15) is 0 Å². The van der Waals surface area contributed by atoms with E-state index in [2.05, 4.69) is 31.0 Å². The summed E-state index contributed by atoms with van der Waals surface area (Å²) >= 11 is 0. The Balaban J connectivity index is 2.03. The number of nitrogens with two attached hydrogens (primary N) is 1. The summed E-state index contributed by atoms with van der Waals surface area (Å²) in [6.45, 7) is 4.43. The zero-order chi connectivity index (χ0) is 12.2. The van der Waals surface area contributed by atoms with Crippen molar-refractivity contribution in [3.63, 3.8) is 0 Å². The Morgan fingerprint density at radius 2 is 2.00 bits per heavy atom. The first kappa shape index (κ1) is 10.7. The number of aromatic amines is 1. The van der Waals surface area contributed by atoms with Crippen LogP contribution in [0.15, 0.2) is 24.3 Å². The summed E-state index contributed by atoms with van der Waals surface area (Å²) in [5.74, 6) is 1.33. The van der Waals surface area contributed by atoms with Gasteiger partial charge in [-0.25, -0.2) is 0 Å². The monoisotopic (exact) mass is 230 g/mol. The predicted molar refractivity (Wildman–Crippen MR) is 69.3 cm³/mol. The van der Waals surface area contributed by atoms with Crippen LogP contribution in [-0.2, 0) is 0 Å². The van der Waals surface area contributed by atoms with Gasteiger partial charge in [-0.1, -0.05) is 13.8 Å². The van der Waals surface area contributed by atoms with Gasteiger partial charge in [0.15, 0.2) is 0 Å². The zero-order valence-electron chi connectivity index (χ0n) is 10.4. The number of aromatic nitrogens is 1. The topological polar surface area (TPSA) is 51.0 Å². The number of H-pyrrole nitrogens is 1. The predicted octanol–water partition coefficient (Wildman–Crippen LogP) is 2.63. The molecule has 1 aliphatic rings. The number of nitrogens with one attached hydrogen (secondary N) is 1. The third-order valence-corrected chi connectivity index (χ3v) is 4.10. The molecule has 17 heavy (non-hydrogen) atoms. The Kier molecular flexibility index (Phi) is 2.05. The summed E-state index contributed by atoms with van der Waals surface area (Å²) in [6, 6.07) is 8.55. The Morgan fingerprint density at radius 3 is 2.59 bits per heavy atom. The van der Waals surface area contributed by atoms with Gasteiger partial charge in [0.2, 0.25) is 0 Å². The first-order valence-corrected chi connectivity index (χ1v) is 5.96. The number of methoxy groups -OCH3 is 1. The standard InChI is InChI=1S/C14H18N2O/c1-14(2)12(13(14)15)11-6-8-4-5-9(17-3)7-10(8)16-11/h4-7,12-13,16H,15H2,1-3H3/t12-,13-/m1/s1. The maximum atomic E-state index is 6.11. The second-order valence-corrected chi connectivity index (χ2v) is 5.50. The molecular weight excluding hydrogens is 212 g/mol. The van der Waals surface area contributed by atoms with Crippen molar-refractivity contribution in [3.8, 4) is 5.75 Å². The maximum absolute atomic E-state index is 6.11. The molecule has 2 atom stereocenters. The zero-order valence-corrected chi connectivity index (χ0v) is 10.4. The van der Waals surface area contributed by atoms with E-state index in [1.165, 1.54) is 11.1 Å². The van der Waals surface area contributed by atoms with E-state index in [-0.39, 0.29) is 11.5 Å². The third-order valence-electron chi connectivity index (χ3n) is 4.10. The van der Waals surface area contributed by atoms with Crippen LogP contribution in [0.5, 0.6) is 5.75 Å². The number of hydrogen-bond acceptors (Lipinski definition) is 2. The molecule has 3 heteroatoms. The quantitative estimate of drug-likeness (QED) is 0.833. The number of hydrogen-bond donors (Lipinski definition) is 2. The Morgan fingerprint density at radius 1 is 1.29 bits per heavy atom. The van der Waals surface area contributed by atoms with E-state index in [1.807, 2.05) is 12.1 Å². The van der Waals surface area contributed by atoms with Gasteiger partial charge in [0.1, 0.15) is 5.75 Å². The van der Waals surface area contributed by atoms with Crippen LogP contribution < -0.4 is 10.5 Å². The molecule has 1 heterocycles. The van der Waals surface area contributed by atoms with Crippen molar-refractivity contribution in [2.24, 2.45) is 11.1 Å². The van der Waals surface area contributed by atoms with Crippen LogP contribution in [0.4, 0.5) is 0 Å². The fourth-order valence-electron chi connectivity index (χ4n) is 2.69. The molecule has 0 aliphatic heterocycles. The van der Waals surface area contributed by atoms with Crippen LogP contribution in [0.1, 0.15) is 25.5 Å². The van der Waals surface area contributed by atoms with Crippen molar-refractivity contribution in [1.29, 1.82) is 0 Å². The van der Waals surface area contributed by atoms with Crippen molar-refractivity contribution in [2.75, 3.05) is 7.11 Å². The van der Waals surface area contributed by atoms with E-state index < -0.39 is 0 Å². The van der Waals surface area contributed by atoms with E-state index in [4.69, 9.17) is 10.5 Å². The van der Waals surface area contributed by atoms with Crippen LogP contribution in [0.2, 0.25) is 0 Å². The van der Waals surface area contributed by atoms with Gasteiger partial charge in [-0.05, 0) is 29.0 Å². The molecule has 0 saturated heterocycles. The maximum Gasteiger partial charge on any atom is 0.120 e. The summed E-state index contributed by atoms with van der Waals surface area (Å²) in [4.78, 5) is 3.46. The SMILES string of the molecule is COc1ccc2cc([C@@H]3[C@@H](N)C3(C)C)[nH]c2c1. The fourth-order valence-corrected chi connectivity index (χ4v) is 2.69. The number of benzene rings is 1. The molecule has 3 nitrogen and oxygen atoms in total. The minimum atomic E-state index is 0.213. The molecule has 0 bridgehead atoms. The summed E-state index contributed by atoms with van der Waals surface area (Å²) in [6.07, 6.45) is 0. The van der Waals surface area contributed by atoms with Crippen LogP contribution in [0.25, 0.3) is 10.9 Å².